The summed E-state index contributed by atoms with van der Waals surface area (Å²) in [4.78, 5) is 4.62. The van der Waals surface area contributed by atoms with Crippen LogP contribution in [0.15, 0.2) is 23.2 Å². The van der Waals surface area contributed by atoms with E-state index in [2.05, 4.69) is 22.5 Å². The molecule has 1 aliphatic rings. The summed E-state index contributed by atoms with van der Waals surface area (Å²) in [5.74, 6) is 1.33. The number of ether oxygens (including phenoxy) is 2. The number of rotatable bonds is 9. The van der Waals surface area contributed by atoms with Gasteiger partial charge in [0.1, 0.15) is 0 Å². The molecule has 0 radical (unpaired) electrons. The fraction of sp³-hybridized carbons (Fsp3) is 0.632. The lowest BCUT2D eigenvalue weighted by Gasteiger charge is -2.19. The molecule has 146 valence electrons. The Kier molecular flexibility index (Phi) is 9.54. The Labute approximate surface area is 166 Å². The first-order valence-corrected chi connectivity index (χ1v) is 10.0. The standard InChI is InChI=1S/C19H29Cl2N3O2/c1-3-22-19(23-8-4-9-25-12-15-7-10-26-13-15)24-14(2)17-6-5-16(20)11-18(17)21/h5-6,11,14-15H,3-4,7-10,12-13H2,1-2H3,(H2,22,23,24). The molecule has 2 rings (SSSR count). The molecule has 0 aromatic heterocycles. The van der Waals surface area contributed by atoms with Crippen LogP contribution in [-0.2, 0) is 9.47 Å². The Bertz CT molecular complexity index is 578. The molecule has 1 aliphatic heterocycles. The van der Waals surface area contributed by atoms with Crippen LogP contribution < -0.4 is 10.6 Å². The molecule has 26 heavy (non-hydrogen) atoms. The number of hydrogen-bond donors (Lipinski definition) is 2. The summed E-state index contributed by atoms with van der Waals surface area (Å²) in [5, 5.41) is 7.93. The molecule has 0 amide bonds. The van der Waals surface area contributed by atoms with Crippen molar-refractivity contribution in [3.63, 3.8) is 0 Å². The lowest BCUT2D eigenvalue weighted by molar-refractivity contribution is 0.0893. The number of benzene rings is 1. The molecule has 1 fully saturated rings. The van der Waals surface area contributed by atoms with Crippen molar-refractivity contribution < 1.29 is 9.47 Å². The van der Waals surface area contributed by atoms with Gasteiger partial charge in [-0.2, -0.15) is 0 Å². The van der Waals surface area contributed by atoms with Gasteiger partial charge in [-0.15, -0.1) is 0 Å². The number of nitrogens with one attached hydrogen (secondary N) is 2. The Morgan fingerprint density at radius 1 is 1.42 bits per heavy atom. The highest BCUT2D eigenvalue weighted by molar-refractivity contribution is 6.35. The van der Waals surface area contributed by atoms with Crippen LogP contribution in [0.5, 0.6) is 0 Å². The molecule has 0 bridgehead atoms. The minimum atomic E-state index is 0.0242. The molecule has 7 heteroatoms. The van der Waals surface area contributed by atoms with Gasteiger partial charge in [-0.25, -0.2) is 0 Å². The zero-order valence-electron chi connectivity index (χ0n) is 15.6. The fourth-order valence-corrected chi connectivity index (χ4v) is 3.35. The van der Waals surface area contributed by atoms with E-state index in [1.807, 2.05) is 19.1 Å². The predicted octanol–water partition coefficient (Wildman–Crippen LogP) is 4.05. The summed E-state index contributed by atoms with van der Waals surface area (Å²) in [6, 6.07) is 5.56. The van der Waals surface area contributed by atoms with Crippen molar-refractivity contribution in [2.45, 2.75) is 32.7 Å². The van der Waals surface area contributed by atoms with E-state index < -0.39 is 0 Å². The highest BCUT2D eigenvalue weighted by Crippen LogP contribution is 2.25. The molecule has 1 aromatic rings. The van der Waals surface area contributed by atoms with E-state index in [1.54, 1.807) is 6.07 Å². The fourth-order valence-electron chi connectivity index (χ4n) is 2.78. The Morgan fingerprint density at radius 2 is 2.27 bits per heavy atom. The van der Waals surface area contributed by atoms with Crippen molar-refractivity contribution in [2.75, 3.05) is 39.5 Å². The highest BCUT2D eigenvalue weighted by Gasteiger charge is 2.15. The number of guanidine groups is 1. The monoisotopic (exact) mass is 401 g/mol. The average Bonchev–Trinajstić information content (AvgIpc) is 3.11. The molecule has 0 spiro atoms. The molecule has 2 unspecified atom stereocenters. The molecular weight excluding hydrogens is 373 g/mol. The van der Waals surface area contributed by atoms with E-state index in [9.17, 15) is 0 Å². The molecular formula is C19H29Cl2N3O2. The van der Waals surface area contributed by atoms with Crippen molar-refractivity contribution in [2.24, 2.45) is 10.9 Å². The van der Waals surface area contributed by atoms with Crippen LogP contribution >= 0.6 is 23.2 Å². The highest BCUT2D eigenvalue weighted by atomic mass is 35.5. The first-order valence-electron chi connectivity index (χ1n) is 9.25. The van der Waals surface area contributed by atoms with Crippen LogP contribution in [0.4, 0.5) is 0 Å². The minimum absolute atomic E-state index is 0.0242. The SMILES string of the molecule is CCNC(=NCCCOCC1CCOC1)NC(C)c1ccc(Cl)cc1Cl. The van der Waals surface area contributed by atoms with Crippen molar-refractivity contribution in [3.05, 3.63) is 33.8 Å². The molecule has 2 N–H and O–H groups in total. The first kappa shape index (κ1) is 21.3. The van der Waals surface area contributed by atoms with Crippen LogP contribution in [0.3, 0.4) is 0 Å². The Hall–Kier alpha value is -1.01. The molecule has 1 heterocycles. The quantitative estimate of drug-likeness (QED) is 0.372. The van der Waals surface area contributed by atoms with Crippen LogP contribution in [0.25, 0.3) is 0 Å². The zero-order chi connectivity index (χ0) is 18.8. The zero-order valence-corrected chi connectivity index (χ0v) is 17.1. The molecule has 0 aliphatic carbocycles. The van der Waals surface area contributed by atoms with Gasteiger partial charge >= 0.3 is 0 Å². The summed E-state index contributed by atoms with van der Waals surface area (Å²) in [5.41, 5.74) is 0.990. The van der Waals surface area contributed by atoms with Crippen LogP contribution in [0.1, 0.15) is 38.3 Å². The number of nitrogens with zero attached hydrogens (tertiary/aromatic N) is 1. The molecule has 1 aromatic carbocycles. The second kappa shape index (κ2) is 11.7. The average molecular weight is 402 g/mol. The third-order valence-corrected chi connectivity index (χ3v) is 4.78. The topological polar surface area (TPSA) is 54.9 Å². The maximum absolute atomic E-state index is 6.29. The largest absolute Gasteiger partial charge is 0.381 e. The smallest absolute Gasteiger partial charge is 0.191 e. The van der Waals surface area contributed by atoms with Crippen molar-refractivity contribution >= 4 is 29.2 Å². The number of hydrogen-bond acceptors (Lipinski definition) is 3. The summed E-state index contributed by atoms with van der Waals surface area (Å²) in [7, 11) is 0. The van der Waals surface area contributed by atoms with Crippen LogP contribution in [0.2, 0.25) is 10.0 Å². The first-order chi connectivity index (χ1) is 12.6. The second-order valence-electron chi connectivity index (χ2n) is 6.45. The van der Waals surface area contributed by atoms with Crippen molar-refractivity contribution in [1.82, 2.24) is 10.6 Å². The van der Waals surface area contributed by atoms with E-state index in [1.165, 1.54) is 0 Å². The molecule has 2 atom stereocenters. The van der Waals surface area contributed by atoms with Gasteiger partial charge in [-0.3, -0.25) is 4.99 Å². The Balaban J connectivity index is 1.76. The lowest BCUT2D eigenvalue weighted by Crippen LogP contribution is -2.39. The van der Waals surface area contributed by atoms with E-state index >= 15 is 0 Å². The number of aliphatic imine (C=N–C) groups is 1. The van der Waals surface area contributed by atoms with Gasteiger partial charge in [0.15, 0.2) is 5.96 Å². The lowest BCUT2D eigenvalue weighted by atomic mass is 10.1. The van der Waals surface area contributed by atoms with Crippen molar-refractivity contribution in [3.8, 4) is 0 Å². The summed E-state index contributed by atoms with van der Waals surface area (Å²) in [6.07, 6.45) is 2.00. The normalized spacial score (nSPS) is 18.8. The molecule has 0 saturated carbocycles. The van der Waals surface area contributed by atoms with Gasteiger partial charge in [0.25, 0.3) is 0 Å². The van der Waals surface area contributed by atoms with Crippen LogP contribution in [0, 0.1) is 5.92 Å². The summed E-state index contributed by atoms with van der Waals surface area (Å²) in [6.45, 7) is 8.80. The molecule has 1 saturated heterocycles. The van der Waals surface area contributed by atoms with E-state index in [4.69, 9.17) is 32.7 Å². The predicted molar refractivity (Wildman–Crippen MR) is 108 cm³/mol. The third kappa shape index (κ3) is 7.31. The van der Waals surface area contributed by atoms with E-state index in [-0.39, 0.29) is 6.04 Å². The van der Waals surface area contributed by atoms with Gasteiger partial charge in [-0.05, 0) is 44.4 Å². The third-order valence-electron chi connectivity index (χ3n) is 4.22. The molecule has 5 nitrogen and oxygen atoms in total. The second-order valence-corrected chi connectivity index (χ2v) is 7.29. The van der Waals surface area contributed by atoms with Gasteiger partial charge in [0.05, 0.1) is 19.3 Å². The maximum atomic E-state index is 6.29. The summed E-state index contributed by atoms with van der Waals surface area (Å²) < 4.78 is 11.1. The number of halogens is 2. The van der Waals surface area contributed by atoms with Gasteiger partial charge in [0, 0.05) is 42.3 Å². The van der Waals surface area contributed by atoms with Crippen LogP contribution in [-0.4, -0.2) is 45.5 Å². The van der Waals surface area contributed by atoms with Gasteiger partial charge in [-0.1, -0.05) is 29.3 Å². The Morgan fingerprint density at radius 3 is 2.96 bits per heavy atom. The summed E-state index contributed by atoms with van der Waals surface area (Å²) >= 11 is 12.3. The van der Waals surface area contributed by atoms with Gasteiger partial charge in [0.2, 0.25) is 0 Å². The van der Waals surface area contributed by atoms with E-state index in [0.29, 0.717) is 22.5 Å². The van der Waals surface area contributed by atoms with Gasteiger partial charge < -0.3 is 20.1 Å². The maximum Gasteiger partial charge on any atom is 0.191 e. The minimum Gasteiger partial charge on any atom is -0.381 e. The van der Waals surface area contributed by atoms with Crippen molar-refractivity contribution in [1.29, 1.82) is 0 Å². The van der Waals surface area contributed by atoms with E-state index in [0.717, 1.165) is 57.3 Å².